The maximum absolute atomic E-state index is 12.8. The molecule has 1 atom stereocenters. The summed E-state index contributed by atoms with van der Waals surface area (Å²) in [5.74, 6) is 2.60. The first kappa shape index (κ1) is 18.9. The molecule has 3 aromatic rings. The molecule has 4 rings (SSSR count). The van der Waals surface area contributed by atoms with Crippen LogP contribution in [0.25, 0.3) is 11.4 Å². The van der Waals surface area contributed by atoms with Gasteiger partial charge < -0.3 is 19.7 Å². The van der Waals surface area contributed by atoms with Crippen molar-refractivity contribution in [1.29, 1.82) is 0 Å². The molecule has 1 aromatic heterocycles. The van der Waals surface area contributed by atoms with Crippen LogP contribution in [0.1, 0.15) is 11.9 Å². The Balaban J connectivity index is 1.47. The van der Waals surface area contributed by atoms with Crippen LogP contribution in [0.4, 0.5) is 0 Å². The molecular weight excluding hydrogens is 370 g/mol. The van der Waals surface area contributed by atoms with Crippen LogP contribution in [0.3, 0.4) is 0 Å². The first-order valence-electron chi connectivity index (χ1n) is 9.49. The first-order chi connectivity index (χ1) is 14.2. The van der Waals surface area contributed by atoms with Gasteiger partial charge in [-0.3, -0.25) is 9.89 Å². The maximum atomic E-state index is 12.8. The maximum Gasteiger partial charge on any atom is 0.261 e. The lowest BCUT2D eigenvalue weighted by Gasteiger charge is -2.34. The molecule has 2 aromatic carbocycles. The third-order valence-electron chi connectivity index (χ3n) is 4.84. The van der Waals surface area contributed by atoms with E-state index in [0.717, 1.165) is 17.9 Å². The minimum absolute atomic E-state index is 0.0139. The van der Waals surface area contributed by atoms with Gasteiger partial charge in [-0.1, -0.05) is 18.2 Å². The number of hydrogen-bond acceptors (Lipinski definition) is 6. The van der Waals surface area contributed by atoms with Gasteiger partial charge >= 0.3 is 0 Å². The highest BCUT2D eigenvalue weighted by Gasteiger charge is 2.30. The number of para-hydroxylation sites is 1. The summed E-state index contributed by atoms with van der Waals surface area (Å²) in [5.41, 5.74) is 0.877. The number of nitrogens with zero attached hydrogens (tertiary/aromatic N) is 3. The predicted octanol–water partition coefficient (Wildman–Crippen LogP) is 2.03. The third kappa shape index (κ3) is 4.38. The quantitative estimate of drug-likeness (QED) is 0.666. The van der Waals surface area contributed by atoms with Gasteiger partial charge in [-0.25, -0.2) is 4.98 Å². The zero-order valence-corrected chi connectivity index (χ0v) is 16.2. The van der Waals surface area contributed by atoms with E-state index in [0.29, 0.717) is 30.5 Å². The number of ether oxygens (including phenoxy) is 2. The molecule has 150 valence electrons. The Kier molecular flexibility index (Phi) is 5.71. The summed E-state index contributed by atoms with van der Waals surface area (Å²) in [6.07, 6.45) is 0. The van der Waals surface area contributed by atoms with Crippen molar-refractivity contribution in [2.75, 3.05) is 33.4 Å². The van der Waals surface area contributed by atoms with Gasteiger partial charge in [0, 0.05) is 25.2 Å². The van der Waals surface area contributed by atoms with Crippen LogP contribution in [-0.4, -0.2) is 59.3 Å². The Morgan fingerprint density at radius 1 is 1.14 bits per heavy atom. The fourth-order valence-corrected chi connectivity index (χ4v) is 3.28. The molecule has 1 saturated heterocycles. The van der Waals surface area contributed by atoms with Crippen molar-refractivity contribution in [1.82, 2.24) is 25.4 Å². The lowest BCUT2D eigenvalue weighted by Crippen LogP contribution is -2.50. The van der Waals surface area contributed by atoms with E-state index in [1.807, 2.05) is 54.6 Å². The van der Waals surface area contributed by atoms with E-state index in [1.54, 1.807) is 12.0 Å². The van der Waals surface area contributed by atoms with Crippen molar-refractivity contribution in [2.45, 2.75) is 6.04 Å². The number of aromatic nitrogens is 3. The number of amides is 1. The molecule has 1 aliphatic rings. The fraction of sp³-hybridized carbons (Fsp3) is 0.286. The lowest BCUT2D eigenvalue weighted by molar-refractivity contribution is -0.137. The van der Waals surface area contributed by atoms with Gasteiger partial charge in [0.05, 0.1) is 7.11 Å². The monoisotopic (exact) mass is 393 g/mol. The van der Waals surface area contributed by atoms with E-state index < -0.39 is 0 Å². The van der Waals surface area contributed by atoms with Gasteiger partial charge in [-0.05, 0) is 36.4 Å². The summed E-state index contributed by atoms with van der Waals surface area (Å²) in [7, 11) is 1.63. The highest BCUT2D eigenvalue weighted by atomic mass is 16.5. The summed E-state index contributed by atoms with van der Waals surface area (Å²) >= 11 is 0. The molecule has 1 amide bonds. The van der Waals surface area contributed by atoms with Gasteiger partial charge in [-0.2, -0.15) is 5.10 Å². The molecule has 0 radical (unpaired) electrons. The molecule has 0 aliphatic carbocycles. The second-order valence-electron chi connectivity index (χ2n) is 6.68. The summed E-state index contributed by atoms with van der Waals surface area (Å²) in [6, 6.07) is 16.6. The van der Waals surface area contributed by atoms with Gasteiger partial charge in [0.2, 0.25) is 0 Å². The second kappa shape index (κ2) is 8.74. The van der Waals surface area contributed by atoms with Gasteiger partial charge in [0.25, 0.3) is 5.91 Å². The number of benzene rings is 2. The largest absolute Gasteiger partial charge is 0.497 e. The lowest BCUT2D eigenvalue weighted by atomic mass is 10.1. The first-order valence-corrected chi connectivity index (χ1v) is 9.49. The molecule has 0 bridgehead atoms. The Labute approximate surface area is 168 Å². The number of nitrogens with one attached hydrogen (secondary N) is 2. The number of aromatic amines is 1. The van der Waals surface area contributed by atoms with E-state index >= 15 is 0 Å². The number of carbonyl (C=O) groups excluding carboxylic acids is 1. The predicted molar refractivity (Wildman–Crippen MR) is 108 cm³/mol. The van der Waals surface area contributed by atoms with E-state index in [2.05, 4.69) is 20.5 Å². The van der Waals surface area contributed by atoms with Gasteiger partial charge in [-0.15, -0.1) is 0 Å². The van der Waals surface area contributed by atoms with Crippen molar-refractivity contribution in [3.8, 4) is 22.9 Å². The smallest absolute Gasteiger partial charge is 0.261 e. The van der Waals surface area contributed by atoms with Crippen molar-refractivity contribution < 1.29 is 14.3 Å². The van der Waals surface area contributed by atoms with E-state index in [9.17, 15) is 4.79 Å². The molecular formula is C21H23N5O3. The van der Waals surface area contributed by atoms with Crippen molar-refractivity contribution in [3.63, 3.8) is 0 Å². The van der Waals surface area contributed by atoms with E-state index in [4.69, 9.17) is 9.47 Å². The average molecular weight is 393 g/mol. The molecule has 2 N–H and O–H groups in total. The zero-order valence-electron chi connectivity index (χ0n) is 16.2. The number of carbonyl (C=O) groups is 1. The summed E-state index contributed by atoms with van der Waals surface area (Å²) in [5, 5.41) is 10.6. The molecule has 1 fully saturated rings. The van der Waals surface area contributed by atoms with Crippen LogP contribution in [-0.2, 0) is 4.79 Å². The Bertz CT molecular complexity index is 942. The summed E-state index contributed by atoms with van der Waals surface area (Å²) < 4.78 is 10.8. The number of H-pyrrole nitrogens is 1. The Morgan fingerprint density at radius 3 is 2.69 bits per heavy atom. The minimum Gasteiger partial charge on any atom is -0.497 e. The summed E-state index contributed by atoms with van der Waals surface area (Å²) in [4.78, 5) is 19.2. The minimum atomic E-state index is -0.227. The molecule has 8 heteroatoms. The molecule has 29 heavy (non-hydrogen) atoms. The average Bonchev–Trinajstić information content (AvgIpc) is 3.28. The van der Waals surface area contributed by atoms with E-state index in [1.165, 1.54) is 0 Å². The van der Waals surface area contributed by atoms with Gasteiger partial charge in [0.1, 0.15) is 23.4 Å². The van der Waals surface area contributed by atoms with Crippen LogP contribution in [0.5, 0.6) is 11.5 Å². The molecule has 8 nitrogen and oxygen atoms in total. The zero-order chi connectivity index (χ0) is 20.1. The molecule has 0 unspecified atom stereocenters. The SMILES string of the molecule is COc1ccc(-c2n[nH]c([C@H]3CNCCN3C(=O)COc3ccccc3)n2)cc1. The standard InChI is InChI=1S/C21H23N5O3/c1-28-16-9-7-15(8-10-16)20-23-21(25-24-20)18-13-22-11-12-26(18)19(27)14-29-17-5-3-2-4-6-17/h2-10,18,22H,11-14H2,1H3,(H,23,24,25)/t18-/m1/s1. The topological polar surface area (TPSA) is 92.4 Å². The van der Waals surface area contributed by atoms with Crippen LogP contribution in [0.15, 0.2) is 54.6 Å². The molecule has 1 aliphatic heterocycles. The van der Waals surface area contributed by atoms with E-state index in [-0.39, 0.29) is 18.6 Å². The Hall–Kier alpha value is -3.39. The van der Waals surface area contributed by atoms with Crippen molar-refractivity contribution >= 4 is 5.91 Å². The van der Waals surface area contributed by atoms with Gasteiger partial charge in [0.15, 0.2) is 12.4 Å². The molecule has 0 saturated carbocycles. The third-order valence-corrected chi connectivity index (χ3v) is 4.84. The normalized spacial score (nSPS) is 16.4. The van der Waals surface area contributed by atoms with Crippen molar-refractivity contribution in [2.24, 2.45) is 0 Å². The highest BCUT2D eigenvalue weighted by molar-refractivity contribution is 5.78. The second-order valence-corrected chi connectivity index (χ2v) is 6.68. The fourth-order valence-electron chi connectivity index (χ4n) is 3.28. The number of methoxy groups -OCH3 is 1. The number of rotatable bonds is 6. The Morgan fingerprint density at radius 2 is 1.93 bits per heavy atom. The van der Waals surface area contributed by atoms with Crippen LogP contribution < -0.4 is 14.8 Å². The molecule has 0 spiro atoms. The van der Waals surface area contributed by atoms with Crippen LogP contribution in [0.2, 0.25) is 0 Å². The molecule has 2 heterocycles. The summed E-state index contributed by atoms with van der Waals surface area (Å²) in [6.45, 7) is 1.90. The number of hydrogen-bond donors (Lipinski definition) is 2. The van der Waals surface area contributed by atoms with Crippen LogP contribution >= 0.6 is 0 Å². The highest BCUT2D eigenvalue weighted by Crippen LogP contribution is 2.24. The van der Waals surface area contributed by atoms with Crippen LogP contribution in [0, 0.1) is 0 Å². The van der Waals surface area contributed by atoms with Crippen molar-refractivity contribution in [3.05, 3.63) is 60.4 Å². The number of piperazine rings is 1.